The van der Waals surface area contributed by atoms with Crippen LogP contribution in [0.2, 0.25) is 0 Å². The number of amides is 1. The minimum atomic E-state index is -0.860. The molecule has 3 atom stereocenters. The van der Waals surface area contributed by atoms with Gasteiger partial charge in [-0.3, -0.25) is 4.79 Å². The lowest BCUT2D eigenvalue weighted by Crippen LogP contribution is -2.46. The van der Waals surface area contributed by atoms with Crippen LogP contribution in [0.25, 0.3) is 11.4 Å². The van der Waals surface area contributed by atoms with E-state index in [2.05, 4.69) is 27.7 Å². The molecule has 0 saturated heterocycles. The number of carbonyl (C=O) groups excluding carboxylic acids is 2. The van der Waals surface area contributed by atoms with Crippen LogP contribution < -0.4 is 5.32 Å². The van der Waals surface area contributed by atoms with Crippen LogP contribution in [0.4, 0.5) is 0 Å². The molecule has 3 rings (SSSR count). The molecule has 0 aliphatic heterocycles. The van der Waals surface area contributed by atoms with Gasteiger partial charge in [0.1, 0.15) is 0 Å². The summed E-state index contributed by atoms with van der Waals surface area (Å²) >= 11 is 0. The topological polar surface area (TPSA) is 99.0 Å². The summed E-state index contributed by atoms with van der Waals surface area (Å²) in [7, 11) is 0. The molecule has 1 aliphatic carbocycles. The Kier molecular flexibility index (Phi) is 6.38. The standard InChI is InChI=1S/C20H27N5O3/c1-13-8-10-16(11-9-13)19-22-24-25(23-19)12-18(26)28-15(3)20(27)21-17-7-5-4-6-14(17)2/h8-11,14-15,17H,4-7,12H2,1-3H3,(H,21,27). The number of benzene rings is 1. The highest BCUT2D eigenvalue weighted by atomic mass is 16.5. The molecule has 1 aromatic carbocycles. The first-order chi connectivity index (χ1) is 13.4. The first-order valence-corrected chi connectivity index (χ1v) is 9.77. The molecule has 3 unspecified atom stereocenters. The Morgan fingerprint density at radius 1 is 1.25 bits per heavy atom. The fraction of sp³-hybridized carbons (Fsp3) is 0.550. The Bertz CT molecular complexity index is 818. The van der Waals surface area contributed by atoms with E-state index in [4.69, 9.17) is 4.74 Å². The number of nitrogens with zero attached hydrogens (tertiary/aromatic N) is 4. The molecule has 2 aromatic rings. The van der Waals surface area contributed by atoms with Crippen molar-refractivity contribution in [3.8, 4) is 11.4 Å². The number of esters is 1. The fourth-order valence-corrected chi connectivity index (χ4v) is 3.36. The predicted molar refractivity (Wildman–Crippen MR) is 103 cm³/mol. The molecule has 8 heteroatoms. The van der Waals surface area contributed by atoms with Gasteiger partial charge in [-0.05, 0) is 37.8 Å². The lowest BCUT2D eigenvalue weighted by Gasteiger charge is -2.30. The zero-order chi connectivity index (χ0) is 20.1. The van der Waals surface area contributed by atoms with Crippen molar-refractivity contribution in [2.24, 2.45) is 5.92 Å². The number of nitrogens with one attached hydrogen (secondary N) is 1. The number of aromatic nitrogens is 4. The van der Waals surface area contributed by atoms with Crippen LogP contribution in [0.15, 0.2) is 24.3 Å². The number of hydrogen-bond donors (Lipinski definition) is 1. The molecule has 0 bridgehead atoms. The van der Waals surface area contributed by atoms with Crippen LogP contribution in [0.3, 0.4) is 0 Å². The third-order valence-corrected chi connectivity index (χ3v) is 5.15. The van der Waals surface area contributed by atoms with E-state index in [1.54, 1.807) is 6.92 Å². The van der Waals surface area contributed by atoms with Crippen molar-refractivity contribution in [1.82, 2.24) is 25.5 Å². The van der Waals surface area contributed by atoms with Crippen molar-refractivity contribution >= 4 is 11.9 Å². The summed E-state index contributed by atoms with van der Waals surface area (Å²) in [6.45, 7) is 5.52. The Morgan fingerprint density at radius 3 is 2.68 bits per heavy atom. The highest BCUT2D eigenvalue weighted by Gasteiger charge is 2.26. The second-order valence-electron chi connectivity index (χ2n) is 7.52. The summed E-state index contributed by atoms with van der Waals surface area (Å²) in [6.07, 6.45) is 3.54. The highest BCUT2D eigenvalue weighted by Crippen LogP contribution is 2.23. The Hall–Kier alpha value is -2.77. The minimum Gasteiger partial charge on any atom is -0.451 e. The fourth-order valence-electron chi connectivity index (χ4n) is 3.36. The molecule has 1 aliphatic rings. The summed E-state index contributed by atoms with van der Waals surface area (Å²) in [4.78, 5) is 25.6. The van der Waals surface area contributed by atoms with Gasteiger partial charge in [0.05, 0.1) is 0 Å². The zero-order valence-electron chi connectivity index (χ0n) is 16.6. The maximum Gasteiger partial charge on any atom is 0.330 e. The van der Waals surface area contributed by atoms with Crippen LogP contribution in [-0.4, -0.2) is 44.2 Å². The van der Waals surface area contributed by atoms with E-state index in [0.717, 1.165) is 30.4 Å². The van der Waals surface area contributed by atoms with Crippen LogP contribution in [-0.2, 0) is 20.9 Å². The molecule has 1 aromatic heterocycles. The van der Waals surface area contributed by atoms with Gasteiger partial charge in [0, 0.05) is 11.6 Å². The van der Waals surface area contributed by atoms with Gasteiger partial charge < -0.3 is 10.1 Å². The molecular formula is C20H27N5O3. The predicted octanol–water partition coefficient (Wildman–Crippen LogP) is 2.28. The number of carbonyl (C=O) groups is 2. The van der Waals surface area contributed by atoms with Crippen molar-refractivity contribution in [2.45, 2.75) is 65.1 Å². The molecule has 1 fully saturated rings. The van der Waals surface area contributed by atoms with Crippen LogP contribution in [0.5, 0.6) is 0 Å². The Balaban J connectivity index is 1.50. The van der Waals surface area contributed by atoms with Gasteiger partial charge in [0.2, 0.25) is 5.82 Å². The maximum atomic E-state index is 12.3. The van der Waals surface area contributed by atoms with Gasteiger partial charge in [-0.1, -0.05) is 49.6 Å². The van der Waals surface area contributed by atoms with Crippen LogP contribution in [0, 0.1) is 12.8 Å². The molecule has 1 amide bonds. The number of ether oxygens (including phenoxy) is 1. The van der Waals surface area contributed by atoms with Crippen LogP contribution >= 0.6 is 0 Å². The number of aryl methyl sites for hydroxylation is 1. The SMILES string of the molecule is Cc1ccc(-c2nnn(CC(=O)OC(C)C(=O)NC3CCCCC3C)n2)cc1. The first kappa shape index (κ1) is 20.0. The lowest BCUT2D eigenvalue weighted by molar-refractivity contribution is -0.156. The summed E-state index contributed by atoms with van der Waals surface area (Å²) in [5.41, 5.74) is 1.95. The second kappa shape index (κ2) is 8.95. The van der Waals surface area contributed by atoms with Gasteiger partial charge >= 0.3 is 5.97 Å². The number of rotatable bonds is 6. The Morgan fingerprint density at radius 2 is 1.96 bits per heavy atom. The normalized spacial score (nSPS) is 20.4. The van der Waals surface area contributed by atoms with Crippen molar-refractivity contribution in [2.75, 3.05) is 0 Å². The monoisotopic (exact) mass is 385 g/mol. The molecule has 0 spiro atoms. The number of hydrogen-bond acceptors (Lipinski definition) is 6. The molecule has 0 radical (unpaired) electrons. The highest BCUT2D eigenvalue weighted by molar-refractivity contribution is 5.83. The van der Waals surface area contributed by atoms with E-state index in [-0.39, 0.29) is 18.5 Å². The third kappa shape index (κ3) is 5.15. The van der Waals surface area contributed by atoms with Crippen LogP contribution in [0.1, 0.15) is 45.1 Å². The van der Waals surface area contributed by atoms with Crippen molar-refractivity contribution in [1.29, 1.82) is 0 Å². The van der Waals surface area contributed by atoms with Gasteiger partial charge in [-0.15, -0.1) is 10.2 Å². The smallest absolute Gasteiger partial charge is 0.330 e. The minimum absolute atomic E-state index is 0.149. The molecule has 1 heterocycles. The van der Waals surface area contributed by atoms with Gasteiger partial charge in [-0.25, -0.2) is 4.79 Å². The van der Waals surface area contributed by atoms with E-state index in [1.165, 1.54) is 11.2 Å². The summed E-state index contributed by atoms with van der Waals surface area (Å²) in [5, 5.41) is 15.0. The van der Waals surface area contributed by atoms with Gasteiger partial charge in [0.25, 0.3) is 5.91 Å². The summed E-state index contributed by atoms with van der Waals surface area (Å²) in [5.74, 6) is 0.0382. The quantitative estimate of drug-likeness (QED) is 0.766. The molecule has 28 heavy (non-hydrogen) atoms. The van der Waals surface area contributed by atoms with Gasteiger partial charge in [0.15, 0.2) is 12.6 Å². The molecular weight excluding hydrogens is 358 g/mol. The van der Waals surface area contributed by atoms with Crippen molar-refractivity contribution in [3.63, 3.8) is 0 Å². The van der Waals surface area contributed by atoms with E-state index < -0.39 is 12.1 Å². The van der Waals surface area contributed by atoms with Gasteiger partial charge in [-0.2, -0.15) is 4.80 Å². The largest absolute Gasteiger partial charge is 0.451 e. The lowest BCUT2D eigenvalue weighted by atomic mass is 9.86. The van der Waals surface area contributed by atoms with E-state index in [1.807, 2.05) is 31.2 Å². The van der Waals surface area contributed by atoms with E-state index in [0.29, 0.717) is 11.7 Å². The Labute approximate surface area is 164 Å². The summed E-state index contributed by atoms with van der Waals surface area (Å²) in [6, 6.07) is 7.85. The van der Waals surface area contributed by atoms with E-state index in [9.17, 15) is 9.59 Å². The molecule has 1 N–H and O–H groups in total. The number of tetrazole rings is 1. The van der Waals surface area contributed by atoms with E-state index >= 15 is 0 Å². The first-order valence-electron chi connectivity index (χ1n) is 9.77. The average Bonchev–Trinajstić information content (AvgIpc) is 3.12. The van der Waals surface area contributed by atoms with Crippen molar-refractivity contribution in [3.05, 3.63) is 29.8 Å². The zero-order valence-corrected chi connectivity index (χ0v) is 16.6. The molecule has 1 saturated carbocycles. The maximum absolute atomic E-state index is 12.3. The average molecular weight is 385 g/mol. The summed E-state index contributed by atoms with van der Waals surface area (Å²) < 4.78 is 5.24. The van der Waals surface area contributed by atoms with Crippen molar-refractivity contribution < 1.29 is 14.3 Å². The second-order valence-corrected chi connectivity index (χ2v) is 7.52. The molecule has 8 nitrogen and oxygen atoms in total. The third-order valence-electron chi connectivity index (χ3n) is 5.15. The molecule has 150 valence electrons.